The van der Waals surface area contributed by atoms with E-state index >= 15 is 0 Å². The minimum absolute atomic E-state index is 0.0611. The molecule has 1 N–H and O–H groups in total. The maximum absolute atomic E-state index is 5.99. The molecule has 0 unspecified atom stereocenters. The highest BCUT2D eigenvalue weighted by Gasteiger charge is 2.26. The highest BCUT2D eigenvalue weighted by molar-refractivity contribution is 5.47. The van der Waals surface area contributed by atoms with Gasteiger partial charge in [-0.3, -0.25) is 4.90 Å². The van der Waals surface area contributed by atoms with Crippen LogP contribution in [-0.2, 0) is 6.54 Å². The van der Waals surface area contributed by atoms with E-state index in [2.05, 4.69) is 43.1 Å². The van der Waals surface area contributed by atoms with E-state index in [1.54, 1.807) is 0 Å². The highest BCUT2D eigenvalue weighted by Crippen LogP contribution is 2.36. The van der Waals surface area contributed by atoms with Gasteiger partial charge in [-0.25, -0.2) is 0 Å². The van der Waals surface area contributed by atoms with Gasteiger partial charge in [-0.15, -0.1) is 0 Å². The number of ether oxygens (including phenoxy) is 2. The molecule has 0 saturated carbocycles. The van der Waals surface area contributed by atoms with Crippen molar-refractivity contribution in [2.24, 2.45) is 5.41 Å². The van der Waals surface area contributed by atoms with Crippen LogP contribution in [0.5, 0.6) is 11.5 Å². The number of hydrogen-bond donors (Lipinski definition) is 1. The normalized spacial score (nSPS) is 21.9. The predicted molar refractivity (Wildman–Crippen MR) is 84.1 cm³/mol. The molecular formula is C17H26N2O2. The van der Waals surface area contributed by atoms with Crippen molar-refractivity contribution >= 4 is 0 Å². The van der Waals surface area contributed by atoms with E-state index < -0.39 is 0 Å². The van der Waals surface area contributed by atoms with Crippen molar-refractivity contribution in [1.82, 2.24) is 10.2 Å². The number of rotatable bonds is 2. The van der Waals surface area contributed by atoms with Gasteiger partial charge < -0.3 is 14.8 Å². The number of nitrogens with zero attached hydrogens (tertiary/aromatic N) is 1. The molecule has 0 aliphatic carbocycles. The first-order valence-corrected chi connectivity index (χ1v) is 7.86. The molecule has 4 heteroatoms. The fourth-order valence-electron chi connectivity index (χ4n) is 2.80. The smallest absolute Gasteiger partial charge is 0.161 e. The predicted octanol–water partition coefficient (Wildman–Crippen LogP) is 2.20. The van der Waals surface area contributed by atoms with Crippen molar-refractivity contribution in [2.45, 2.75) is 27.3 Å². The molecule has 0 aromatic heterocycles. The third-order valence-corrected chi connectivity index (χ3v) is 4.24. The molecule has 0 spiro atoms. The molecule has 3 rings (SSSR count). The lowest BCUT2D eigenvalue weighted by atomic mass is 9.97. The van der Waals surface area contributed by atoms with Gasteiger partial charge in [-0.05, 0) is 30.2 Å². The summed E-state index contributed by atoms with van der Waals surface area (Å²) in [6.45, 7) is 13.3. The van der Waals surface area contributed by atoms with Crippen molar-refractivity contribution < 1.29 is 9.47 Å². The van der Waals surface area contributed by atoms with Crippen LogP contribution in [0.2, 0.25) is 0 Å². The third kappa shape index (κ3) is 3.50. The molecule has 0 amide bonds. The third-order valence-electron chi connectivity index (χ3n) is 4.24. The summed E-state index contributed by atoms with van der Waals surface area (Å²) in [6, 6.07) is 4.31. The molecule has 2 heterocycles. The lowest BCUT2D eigenvalue weighted by Gasteiger charge is -2.28. The first-order valence-electron chi connectivity index (χ1n) is 7.86. The number of aryl methyl sites for hydroxylation is 1. The van der Waals surface area contributed by atoms with Crippen molar-refractivity contribution in [3.63, 3.8) is 0 Å². The lowest BCUT2D eigenvalue weighted by molar-refractivity contribution is 0.140. The van der Waals surface area contributed by atoms with Crippen LogP contribution in [0.1, 0.15) is 25.0 Å². The molecule has 1 aromatic carbocycles. The molecule has 21 heavy (non-hydrogen) atoms. The van der Waals surface area contributed by atoms with Crippen molar-refractivity contribution in [2.75, 3.05) is 39.4 Å². The summed E-state index contributed by atoms with van der Waals surface area (Å²) < 4.78 is 11.9. The van der Waals surface area contributed by atoms with Gasteiger partial charge in [0.15, 0.2) is 11.5 Å². The van der Waals surface area contributed by atoms with E-state index in [4.69, 9.17) is 9.47 Å². The monoisotopic (exact) mass is 290 g/mol. The maximum atomic E-state index is 5.99. The van der Waals surface area contributed by atoms with Crippen LogP contribution in [0.3, 0.4) is 0 Å². The Hall–Kier alpha value is -1.26. The fourth-order valence-corrected chi connectivity index (χ4v) is 2.80. The second-order valence-electron chi connectivity index (χ2n) is 6.99. The van der Waals surface area contributed by atoms with Crippen LogP contribution < -0.4 is 14.8 Å². The van der Waals surface area contributed by atoms with Gasteiger partial charge in [0.1, 0.15) is 0 Å². The highest BCUT2D eigenvalue weighted by atomic mass is 16.5. The number of fused-ring (bicyclic) bond motifs is 1. The first-order chi connectivity index (χ1) is 10.0. The Bertz CT molecular complexity index is 508. The quantitative estimate of drug-likeness (QED) is 0.905. The van der Waals surface area contributed by atoms with Crippen LogP contribution in [0.25, 0.3) is 0 Å². The standard InChI is InChI=1S/C17H26N2O2/c1-13-8-15-16(21-12-17(2,3)11-20-15)9-14(13)10-19-6-4-18-5-7-19/h8-9,18H,4-7,10-12H2,1-3H3. The molecule has 1 saturated heterocycles. The summed E-state index contributed by atoms with van der Waals surface area (Å²) in [6.07, 6.45) is 0. The van der Waals surface area contributed by atoms with Crippen molar-refractivity contribution in [3.8, 4) is 11.5 Å². The van der Waals surface area contributed by atoms with Gasteiger partial charge in [-0.1, -0.05) is 13.8 Å². The van der Waals surface area contributed by atoms with Crippen LogP contribution in [0.4, 0.5) is 0 Å². The molecule has 0 bridgehead atoms. The Morgan fingerprint density at radius 3 is 2.38 bits per heavy atom. The number of nitrogens with one attached hydrogen (secondary N) is 1. The van der Waals surface area contributed by atoms with Gasteiger partial charge in [0.05, 0.1) is 13.2 Å². The summed E-state index contributed by atoms with van der Waals surface area (Å²) in [4.78, 5) is 2.49. The zero-order valence-corrected chi connectivity index (χ0v) is 13.4. The molecule has 0 atom stereocenters. The van der Waals surface area contributed by atoms with Gasteiger partial charge in [0, 0.05) is 38.1 Å². The minimum Gasteiger partial charge on any atom is -0.489 e. The van der Waals surface area contributed by atoms with E-state index in [-0.39, 0.29) is 5.41 Å². The van der Waals surface area contributed by atoms with E-state index in [9.17, 15) is 0 Å². The Morgan fingerprint density at radius 1 is 1.10 bits per heavy atom. The van der Waals surface area contributed by atoms with E-state index in [0.29, 0.717) is 13.2 Å². The molecule has 1 aromatic rings. The van der Waals surface area contributed by atoms with Gasteiger partial charge >= 0.3 is 0 Å². The van der Waals surface area contributed by atoms with Crippen molar-refractivity contribution in [3.05, 3.63) is 23.3 Å². The van der Waals surface area contributed by atoms with E-state index in [0.717, 1.165) is 44.2 Å². The molecule has 2 aliphatic rings. The maximum Gasteiger partial charge on any atom is 0.161 e. The topological polar surface area (TPSA) is 33.7 Å². The zero-order valence-electron chi connectivity index (χ0n) is 13.4. The largest absolute Gasteiger partial charge is 0.489 e. The van der Waals surface area contributed by atoms with E-state index in [1.165, 1.54) is 11.1 Å². The Kier molecular flexibility index (Phi) is 4.09. The van der Waals surface area contributed by atoms with Crippen LogP contribution in [0.15, 0.2) is 12.1 Å². The van der Waals surface area contributed by atoms with Crippen LogP contribution in [0, 0.1) is 12.3 Å². The number of benzene rings is 1. The molecule has 4 nitrogen and oxygen atoms in total. The second-order valence-corrected chi connectivity index (χ2v) is 6.99. The summed E-state index contributed by atoms with van der Waals surface area (Å²) in [7, 11) is 0. The Labute approximate surface area is 127 Å². The zero-order chi connectivity index (χ0) is 14.9. The summed E-state index contributed by atoms with van der Waals surface area (Å²) in [5.74, 6) is 1.79. The number of piperazine rings is 1. The molecular weight excluding hydrogens is 264 g/mol. The molecule has 2 aliphatic heterocycles. The van der Waals surface area contributed by atoms with Crippen molar-refractivity contribution in [1.29, 1.82) is 0 Å². The SMILES string of the molecule is Cc1cc2c(cc1CN1CCNCC1)OCC(C)(C)CO2. The van der Waals surface area contributed by atoms with E-state index in [1.807, 2.05) is 0 Å². The number of hydrogen-bond acceptors (Lipinski definition) is 4. The fraction of sp³-hybridized carbons (Fsp3) is 0.647. The minimum atomic E-state index is 0.0611. The summed E-state index contributed by atoms with van der Waals surface area (Å²) in [5.41, 5.74) is 2.69. The second kappa shape index (κ2) is 5.85. The summed E-state index contributed by atoms with van der Waals surface area (Å²) >= 11 is 0. The average Bonchev–Trinajstić information content (AvgIpc) is 2.60. The van der Waals surface area contributed by atoms with Gasteiger partial charge in [-0.2, -0.15) is 0 Å². The molecule has 1 fully saturated rings. The summed E-state index contributed by atoms with van der Waals surface area (Å²) in [5, 5.41) is 3.40. The molecule has 116 valence electrons. The first kappa shape index (κ1) is 14.7. The Balaban J connectivity index is 1.79. The Morgan fingerprint density at radius 2 is 1.71 bits per heavy atom. The van der Waals surface area contributed by atoms with Crippen LogP contribution in [-0.4, -0.2) is 44.3 Å². The van der Waals surface area contributed by atoms with Gasteiger partial charge in [0.2, 0.25) is 0 Å². The van der Waals surface area contributed by atoms with Gasteiger partial charge in [0.25, 0.3) is 0 Å². The molecule has 0 radical (unpaired) electrons. The average molecular weight is 290 g/mol. The lowest BCUT2D eigenvalue weighted by Crippen LogP contribution is -2.43. The van der Waals surface area contributed by atoms with Crippen LogP contribution >= 0.6 is 0 Å².